The molecule has 0 spiro atoms. The highest BCUT2D eigenvalue weighted by atomic mass is 35.5. The standard InChI is InChI=1S/C25H26ClN5O3/c1-17-22(16-27)24(32)30(14-5-15-31(2,3)4)25(33)23(17)29-28-19-8-12-21(13-9-19)34-20-10-6-18(26)7-11-20/h6-13H,5,14-15H2,1-4H3/p+1. The summed E-state index contributed by atoms with van der Waals surface area (Å²) in [7, 11) is 6.14. The van der Waals surface area contributed by atoms with Crippen LogP contribution < -0.4 is 10.3 Å². The Labute approximate surface area is 203 Å². The van der Waals surface area contributed by atoms with Gasteiger partial charge >= 0.3 is 0 Å². The van der Waals surface area contributed by atoms with Crippen molar-refractivity contribution in [1.29, 1.82) is 5.26 Å². The maximum atomic E-state index is 13.0. The van der Waals surface area contributed by atoms with Crippen molar-refractivity contribution in [2.75, 3.05) is 27.7 Å². The second kappa shape index (κ2) is 10.5. The maximum absolute atomic E-state index is 13.0. The van der Waals surface area contributed by atoms with E-state index in [0.29, 0.717) is 34.2 Å². The minimum Gasteiger partial charge on any atom is -0.493 e. The first-order chi connectivity index (χ1) is 16.1. The van der Waals surface area contributed by atoms with Gasteiger partial charge in [-0.2, -0.15) is 10.4 Å². The fraction of sp³-hybridized carbons (Fsp3) is 0.280. The Morgan fingerprint density at radius 2 is 1.65 bits per heavy atom. The van der Waals surface area contributed by atoms with E-state index in [4.69, 9.17) is 16.3 Å². The van der Waals surface area contributed by atoms with E-state index < -0.39 is 5.56 Å². The maximum Gasteiger partial charge on any atom is 0.281 e. The smallest absolute Gasteiger partial charge is 0.281 e. The molecule has 0 saturated carbocycles. The molecule has 0 atom stereocenters. The minimum absolute atomic E-state index is 0.0190. The molecule has 8 nitrogen and oxygen atoms in total. The Kier molecular flexibility index (Phi) is 7.72. The minimum atomic E-state index is -0.484. The van der Waals surface area contributed by atoms with Crippen LogP contribution >= 0.6 is 11.6 Å². The molecule has 176 valence electrons. The predicted octanol–water partition coefficient (Wildman–Crippen LogP) is 5.69. The predicted molar refractivity (Wildman–Crippen MR) is 131 cm³/mol. The van der Waals surface area contributed by atoms with E-state index in [1.807, 2.05) is 27.2 Å². The summed E-state index contributed by atoms with van der Waals surface area (Å²) in [6.45, 7) is 2.64. The Hall–Kier alpha value is -3.67. The molecule has 34 heavy (non-hydrogen) atoms. The lowest BCUT2D eigenvalue weighted by Crippen LogP contribution is -2.36. The molecule has 9 heteroatoms. The van der Waals surface area contributed by atoms with Crippen molar-refractivity contribution < 1.29 is 14.3 Å². The molecule has 3 aromatic rings. The first-order valence-corrected chi connectivity index (χ1v) is 11.1. The van der Waals surface area contributed by atoms with E-state index in [1.165, 1.54) is 4.57 Å². The van der Waals surface area contributed by atoms with Gasteiger partial charge in [0.2, 0.25) is 5.88 Å². The molecule has 3 rings (SSSR count). The van der Waals surface area contributed by atoms with Gasteiger partial charge in [0.15, 0.2) is 5.69 Å². The highest BCUT2D eigenvalue weighted by Crippen LogP contribution is 2.29. The molecule has 0 fully saturated rings. The third-order valence-corrected chi connectivity index (χ3v) is 5.38. The van der Waals surface area contributed by atoms with Crippen LogP contribution in [-0.2, 0) is 6.54 Å². The van der Waals surface area contributed by atoms with Gasteiger partial charge in [-0.3, -0.25) is 9.36 Å². The summed E-state index contributed by atoms with van der Waals surface area (Å²) in [5.41, 5.74) is 0.359. The largest absolute Gasteiger partial charge is 0.493 e. The fourth-order valence-electron chi connectivity index (χ4n) is 3.30. The fourth-order valence-corrected chi connectivity index (χ4v) is 3.42. The van der Waals surface area contributed by atoms with Crippen LogP contribution in [0.5, 0.6) is 17.4 Å². The summed E-state index contributed by atoms with van der Waals surface area (Å²) in [5.74, 6) is 0.913. The number of rotatable bonds is 8. The number of aromatic hydroxyl groups is 1. The number of halogens is 1. The summed E-state index contributed by atoms with van der Waals surface area (Å²) in [6.07, 6.45) is 0.649. The monoisotopic (exact) mass is 480 g/mol. The number of hydrogen-bond acceptors (Lipinski definition) is 6. The lowest BCUT2D eigenvalue weighted by atomic mass is 10.1. The third-order valence-electron chi connectivity index (χ3n) is 5.13. The number of nitrogens with zero attached hydrogens (tertiary/aromatic N) is 5. The number of azo groups is 1. The molecule has 0 unspecified atom stereocenters. The number of pyridine rings is 1. The summed E-state index contributed by atoms with van der Waals surface area (Å²) >= 11 is 5.89. The molecule has 0 bridgehead atoms. The summed E-state index contributed by atoms with van der Waals surface area (Å²) in [4.78, 5) is 13.0. The van der Waals surface area contributed by atoms with Crippen LogP contribution in [0.2, 0.25) is 5.02 Å². The lowest BCUT2D eigenvalue weighted by molar-refractivity contribution is -0.870. The molecular weight excluding hydrogens is 454 g/mol. The molecule has 0 saturated heterocycles. The summed E-state index contributed by atoms with van der Waals surface area (Å²) in [6, 6.07) is 15.9. The molecule has 2 aromatic carbocycles. The number of quaternary nitrogens is 1. The van der Waals surface area contributed by atoms with Gasteiger partial charge in [0.05, 0.1) is 33.4 Å². The normalized spacial score (nSPS) is 11.5. The molecular formula is C25H27ClN5O3+. The van der Waals surface area contributed by atoms with Crippen molar-refractivity contribution in [3.63, 3.8) is 0 Å². The summed E-state index contributed by atoms with van der Waals surface area (Å²) < 4.78 is 7.67. The van der Waals surface area contributed by atoms with E-state index in [1.54, 1.807) is 55.5 Å². The van der Waals surface area contributed by atoms with Gasteiger partial charge < -0.3 is 14.3 Å². The Bertz CT molecular complexity index is 1290. The number of hydrogen-bond donors (Lipinski definition) is 1. The Balaban J connectivity index is 1.84. The molecule has 0 aliphatic rings. The number of ether oxygens (including phenoxy) is 1. The molecule has 1 N–H and O–H groups in total. The van der Waals surface area contributed by atoms with Crippen LogP contribution in [0.4, 0.5) is 11.4 Å². The average molecular weight is 481 g/mol. The Morgan fingerprint density at radius 3 is 2.21 bits per heavy atom. The zero-order valence-electron chi connectivity index (χ0n) is 19.6. The van der Waals surface area contributed by atoms with Crippen LogP contribution in [0.15, 0.2) is 63.6 Å². The molecule has 0 aliphatic carbocycles. The van der Waals surface area contributed by atoms with Gasteiger partial charge in [0.1, 0.15) is 23.1 Å². The van der Waals surface area contributed by atoms with Crippen LogP contribution in [0.1, 0.15) is 17.5 Å². The van der Waals surface area contributed by atoms with E-state index in [2.05, 4.69) is 10.2 Å². The van der Waals surface area contributed by atoms with E-state index >= 15 is 0 Å². The topological polar surface area (TPSA) is 100.0 Å². The average Bonchev–Trinajstić information content (AvgIpc) is 2.78. The van der Waals surface area contributed by atoms with Crippen molar-refractivity contribution in [2.45, 2.75) is 19.9 Å². The molecule has 0 radical (unpaired) electrons. The zero-order valence-corrected chi connectivity index (χ0v) is 20.4. The van der Waals surface area contributed by atoms with E-state index in [9.17, 15) is 15.2 Å². The highest BCUT2D eigenvalue weighted by Gasteiger charge is 2.19. The van der Waals surface area contributed by atoms with Crippen LogP contribution in [0, 0.1) is 18.3 Å². The number of nitriles is 1. The van der Waals surface area contributed by atoms with Crippen molar-refractivity contribution in [1.82, 2.24) is 4.57 Å². The quantitative estimate of drug-likeness (QED) is 0.330. The number of benzene rings is 2. The van der Waals surface area contributed by atoms with Gasteiger partial charge in [-0.05, 0) is 55.5 Å². The van der Waals surface area contributed by atoms with Crippen LogP contribution in [0.25, 0.3) is 0 Å². The first kappa shape index (κ1) is 25.0. The van der Waals surface area contributed by atoms with Crippen molar-refractivity contribution in [2.24, 2.45) is 10.2 Å². The van der Waals surface area contributed by atoms with E-state index in [-0.39, 0.29) is 23.7 Å². The SMILES string of the molecule is Cc1c(C#N)c(O)n(CCC[N+](C)(C)C)c(=O)c1N=Nc1ccc(Oc2ccc(Cl)cc2)cc1. The molecule has 0 aliphatic heterocycles. The third kappa shape index (κ3) is 6.22. The van der Waals surface area contributed by atoms with Gasteiger partial charge in [0.25, 0.3) is 5.56 Å². The first-order valence-electron chi connectivity index (χ1n) is 10.7. The van der Waals surface area contributed by atoms with Gasteiger partial charge in [-0.15, -0.1) is 5.11 Å². The van der Waals surface area contributed by atoms with E-state index in [0.717, 1.165) is 11.0 Å². The Morgan fingerprint density at radius 1 is 1.06 bits per heavy atom. The van der Waals surface area contributed by atoms with Crippen molar-refractivity contribution in [3.8, 4) is 23.4 Å². The molecule has 1 heterocycles. The molecule has 1 aromatic heterocycles. The van der Waals surface area contributed by atoms with Crippen molar-refractivity contribution in [3.05, 3.63) is 75.0 Å². The zero-order chi connectivity index (χ0) is 24.9. The van der Waals surface area contributed by atoms with Crippen LogP contribution in [0.3, 0.4) is 0 Å². The van der Waals surface area contributed by atoms with Crippen molar-refractivity contribution >= 4 is 23.0 Å². The summed E-state index contributed by atoms with van der Waals surface area (Å²) in [5, 5.41) is 29.0. The highest BCUT2D eigenvalue weighted by molar-refractivity contribution is 6.30. The second-order valence-electron chi connectivity index (χ2n) is 8.86. The molecule has 0 amide bonds. The van der Waals surface area contributed by atoms with Gasteiger partial charge in [-0.25, -0.2) is 0 Å². The van der Waals surface area contributed by atoms with Crippen LogP contribution in [-0.4, -0.2) is 41.8 Å². The van der Waals surface area contributed by atoms with Gasteiger partial charge in [0, 0.05) is 23.6 Å². The lowest BCUT2D eigenvalue weighted by Gasteiger charge is -2.24. The van der Waals surface area contributed by atoms with Gasteiger partial charge in [-0.1, -0.05) is 11.6 Å². The second-order valence-corrected chi connectivity index (χ2v) is 9.29. The number of aromatic nitrogens is 1.